The molecule has 2 amide bonds. The number of hydrogen-bond acceptors (Lipinski definition) is 2. The number of carbonyl (C=O) groups excluding carboxylic acids is 2. The van der Waals surface area contributed by atoms with Crippen molar-refractivity contribution in [1.29, 1.82) is 0 Å². The van der Waals surface area contributed by atoms with E-state index in [9.17, 15) is 9.59 Å². The topological polar surface area (TPSA) is 58.2 Å². The monoisotopic (exact) mass is 294 g/mol. The van der Waals surface area contributed by atoms with Crippen molar-refractivity contribution in [2.45, 2.75) is 26.3 Å². The van der Waals surface area contributed by atoms with Gasteiger partial charge in [0.1, 0.15) is 0 Å². The predicted octanol–water partition coefficient (Wildman–Crippen LogP) is 2.12. The maximum Gasteiger partial charge on any atom is 0.223 e. The van der Waals surface area contributed by atoms with E-state index in [0.29, 0.717) is 30.5 Å². The van der Waals surface area contributed by atoms with Crippen LogP contribution in [0.2, 0.25) is 5.02 Å². The molecule has 0 bridgehead atoms. The first-order valence-electron chi connectivity index (χ1n) is 6.85. The Morgan fingerprint density at radius 3 is 2.75 bits per heavy atom. The van der Waals surface area contributed by atoms with Gasteiger partial charge in [-0.3, -0.25) is 9.59 Å². The van der Waals surface area contributed by atoms with Gasteiger partial charge in [0.2, 0.25) is 11.8 Å². The summed E-state index contributed by atoms with van der Waals surface area (Å²) in [6.07, 6.45) is 1.26. The van der Waals surface area contributed by atoms with Gasteiger partial charge in [0.05, 0.1) is 0 Å². The number of benzene rings is 1. The van der Waals surface area contributed by atoms with E-state index in [0.717, 1.165) is 12.0 Å². The van der Waals surface area contributed by atoms with Crippen molar-refractivity contribution in [3.8, 4) is 0 Å². The molecule has 2 rings (SSSR count). The van der Waals surface area contributed by atoms with E-state index >= 15 is 0 Å². The van der Waals surface area contributed by atoms with E-state index in [1.165, 1.54) is 0 Å². The summed E-state index contributed by atoms with van der Waals surface area (Å²) in [4.78, 5) is 23.2. The number of nitrogens with one attached hydrogen (secondary N) is 2. The molecule has 1 fully saturated rings. The van der Waals surface area contributed by atoms with Crippen LogP contribution in [0.1, 0.15) is 25.3 Å². The molecule has 0 spiro atoms. The van der Waals surface area contributed by atoms with Crippen LogP contribution in [-0.4, -0.2) is 18.4 Å². The predicted molar refractivity (Wildman–Crippen MR) is 78.2 cm³/mol. The summed E-state index contributed by atoms with van der Waals surface area (Å²) in [5.74, 6) is 0.644. The van der Waals surface area contributed by atoms with Crippen LogP contribution in [0.4, 0.5) is 0 Å². The van der Waals surface area contributed by atoms with Crippen LogP contribution < -0.4 is 10.6 Å². The lowest BCUT2D eigenvalue weighted by Gasteiger charge is -2.07. The Hall–Kier alpha value is -1.55. The summed E-state index contributed by atoms with van der Waals surface area (Å²) in [7, 11) is 0. The lowest BCUT2D eigenvalue weighted by molar-refractivity contribution is -0.123. The SMILES string of the molecule is C[C@@H]1C[C@H]1C(=O)NCCC(=O)NCc1cccc(Cl)c1. The summed E-state index contributed by atoms with van der Waals surface area (Å²) in [6, 6.07) is 7.36. The van der Waals surface area contributed by atoms with Gasteiger partial charge in [-0.25, -0.2) is 0 Å². The average molecular weight is 295 g/mol. The normalized spacial score (nSPS) is 20.3. The quantitative estimate of drug-likeness (QED) is 0.844. The summed E-state index contributed by atoms with van der Waals surface area (Å²) in [5, 5.41) is 6.25. The lowest BCUT2D eigenvalue weighted by atomic mass is 10.2. The van der Waals surface area contributed by atoms with Crippen molar-refractivity contribution in [2.24, 2.45) is 11.8 Å². The minimum atomic E-state index is -0.0749. The number of rotatable bonds is 6. The van der Waals surface area contributed by atoms with E-state index in [-0.39, 0.29) is 17.7 Å². The first-order chi connectivity index (χ1) is 9.56. The Morgan fingerprint density at radius 2 is 2.10 bits per heavy atom. The largest absolute Gasteiger partial charge is 0.355 e. The number of carbonyl (C=O) groups is 2. The second-order valence-electron chi connectivity index (χ2n) is 5.27. The van der Waals surface area contributed by atoms with Crippen molar-refractivity contribution in [3.05, 3.63) is 34.9 Å². The molecular formula is C15H19ClN2O2. The smallest absolute Gasteiger partial charge is 0.223 e. The van der Waals surface area contributed by atoms with Crippen molar-refractivity contribution < 1.29 is 9.59 Å². The molecule has 0 unspecified atom stereocenters. The second-order valence-corrected chi connectivity index (χ2v) is 5.70. The fraction of sp³-hybridized carbons (Fsp3) is 0.467. The minimum Gasteiger partial charge on any atom is -0.355 e. The Morgan fingerprint density at radius 1 is 1.35 bits per heavy atom. The zero-order chi connectivity index (χ0) is 14.5. The molecule has 4 nitrogen and oxygen atoms in total. The van der Waals surface area contributed by atoms with E-state index in [4.69, 9.17) is 11.6 Å². The molecule has 5 heteroatoms. The van der Waals surface area contributed by atoms with E-state index in [1.54, 1.807) is 6.07 Å². The first-order valence-corrected chi connectivity index (χ1v) is 7.23. The molecule has 0 aromatic heterocycles. The fourth-order valence-electron chi connectivity index (χ4n) is 2.05. The summed E-state index contributed by atoms with van der Waals surface area (Å²) >= 11 is 5.87. The highest BCUT2D eigenvalue weighted by Gasteiger charge is 2.38. The van der Waals surface area contributed by atoms with Crippen LogP contribution in [0.5, 0.6) is 0 Å². The van der Waals surface area contributed by atoms with Gasteiger partial charge in [-0.2, -0.15) is 0 Å². The molecule has 0 saturated heterocycles. The molecule has 1 saturated carbocycles. The lowest BCUT2D eigenvalue weighted by Crippen LogP contribution is -2.31. The zero-order valence-electron chi connectivity index (χ0n) is 11.5. The van der Waals surface area contributed by atoms with Crippen LogP contribution >= 0.6 is 11.6 Å². The van der Waals surface area contributed by atoms with Gasteiger partial charge in [-0.05, 0) is 30.0 Å². The molecule has 2 N–H and O–H groups in total. The Balaban J connectivity index is 1.62. The molecule has 2 atom stereocenters. The van der Waals surface area contributed by atoms with E-state index < -0.39 is 0 Å². The zero-order valence-corrected chi connectivity index (χ0v) is 12.2. The molecule has 20 heavy (non-hydrogen) atoms. The highest BCUT2D eigenvalue weighted by Crippen LogP contribution is 2.37. The third-order valence-corrected chi connectivity index (χ3v) is 3.71. The molecular weight excluding hydrogens is 276 g/mol. The van der Waals surface area contributed by atoms with Crippen molar-refractivity contribution in [1.82, 2.24) is 10.6 Å². The van der Waals surface area contributed by atoms with Crippen LogP contribution in [0, 0.1) is 11.8 Å². The fourth-order valence-corrected chi connectivity index (χ4v) is 2.27. The van der Waals surface area contributed by atoms with Crippen LogP contribution in [0.25, 0.3) is 0 Å². The third-order valence-electron chi connectivity index (χ3n) is 3.48. The summed E-state index contributed by atoms with van der Waals surface area (Å²) in [5.41, 5.74) is 0.960. The highest BCUT2D eigenvalue weighted by molar-refractivity contribution is 6.30. The van der Waals surface area contributed by atoms with E-state index in [1.807, 2.05) is 18.2 Å². The number of halogens is 1. The van der Waals surface area contributed by atoms with Gasteiger partial charge in [-0.1, -0.05) is 30.7 Å². The van der Waals surface area contributed by atoms with Crippen molar-refractivity contribution in [2.75, 3.05) is 6.54 Å². The minimum absolute atomic E-state index is 0.0696. The van der Waals surface area contributed by atoms with Crippen LogP contribution in [0.15, 0.2) is 24.3 Å². The second kappa shape index (κ2) is 6.75. The Kier molecular flexibility index (Phi) is 5.01. The standard InChI is InChI=1S/C15H19ClN2O2/c1-10-7-13(10)15(20)17-6-5-14(19)18-9-11-3-2-4-12(16)8-11/h2-4,8,10,13H,5-7,9H2,1H3,(H,17,20)(H,18,19)/t10-,13-/m1/s1. The van der Waals surface area contributed by atoms with Gasteiger partial charge < -0.3 is 10.6 Å². The van der Waals surface area contributed by atoms with Gasteiger partial charge in [0.15, 0.2) is 0 Å². The molecule has 1 aromatic rings. The number of hydrogen-bond donors (Lipinski definition) is 2. The summed E-state index contributed by atoms with van der Waals surface area (Å²) in [6.45, 7) is 2.90. The molecule has 0 aliphatic heterocycles. The molecule has 0 heterocycles. The van der Waals surface area contributed by atoms with Crippen molar-refractivity contribution >= 4 is 23.4 Å². The van der Waals surface area contributed by atoms with Gasteiger partial charge in [-0.15, -0.1) is 0 Å². The Labute approximate surface area is 123 Å². The molecule has 1 aliphatic carbocycles. The maximum atomic E-state index is 11.6. The van der Waals surface area contributed by atoms with Crippen LogP contribution in [0.3, 0.4) is 0 Å². The molecule has 108 valence electrons. The molecule has 1 aromatic carbocycles. The van der Waals surface area contributed by atoms with Gasteiger partial charge in [0.25, 0.3) is 0 Å². The first kappa shape index (κ1) is 14.9. The van der Waals surface area contributed by atoms with Crippen molar-refractivity contribution in [3.63, 3.8) is 0 Å². The Bertz CT molecular complexity index is 504. The summed E-state index contributed by atoms with van der Waals surface area (Å²) < 4.78 is 0. The third kappa shape index (κ3) is 4.53. The number of amides is 2. The molecule has 1 aliphatic rings. The highest BCUT2D eigenvalue weighted by atomic mass is 35.5. The maximum absolute atomic E-state index is 11.6. The average Bonchev–Trinajstić information content (AvgIpc) is 3.14. The van der Waals surface area contributed by atoms with E-state index in [2.05, 4.69) is 17.6 Å². The van der Waals surface area contributed by atoms with Gasteiger partial charge in [0, 0.05) is 30.5 Å². The van der Waals surface area contributed by atoms with Crippen LogP contribution in [-0.2, 0) is 16.1 Å². The molecule has 0 radical (unpaired) electrons. The van der Waals surface area contributed by atoms with Gasteiger partial charge >= 0.3 is 0 Å².